The quantitative estimate of drug-likeness (QED) is 0.134. The minimum Gasteiger partial charge on any atom is -0.256 e. The number of benzene rings is 6. The average molecular weight is 691 g/mol. The van der Waals surface area contributed by atoms with Gasteiger partial charge in [-0.25, -0.2) is 0 Å². The Labute approximate surface area is 317 Å². The molecule has 54 heavy (non-hydrogen) atoms. The lowest BCUT2D eigenvalue weighted by Gasteiger charge is -2.11. The topological polar surface area (TPSA) is 25.8 Å². The summed E-state index contributed by atoms with van der Waals surface area (Å²) in [6.45, 7) is 0. The van der Waals surface area contributed by atoms with Crippen LogP contribution in [-0.2, 0) is 0 Å². The van der Waals surface area contributed by atoms with E-state index < -0.39 is 0 Å². The second kappa shape index (κ2) is 16.5. The molecule has 0 aliphatic rings. The van der Waals surface area contributed by atoms with Gasteiger partial charge in [-0.05, 0) is 91.7 Å². The highest BCUT2D eigenvalue weighted by Gasteiger charge is 2.10. The highest BCUT2D eigenvalue weighted by atomic mass is 14.7. The summed E-state index contributed by atoms with van der Waals surface area (Å²) in [4.78, 5) is 9.43. The van der Waals surface area contributed by atoms with Crippen molar-refractivity contribution < 1.29 is 0 Å². The summed E-state index contributed by atoms with van der Waals surface area (Å²) in [5, 5.41) is 2.41. The lowest BCUT2D eigenvalue weighted by atomic mass is 9.94. The first-order chi connectivity index (χ1) is 26.8. The average Bonchev–Trinajstić information content (AvgIpc) is 3.25. The molecule has 0 radical (unpaired) electrons. The molecule has 0 amide bonds. The first-order valence-corrected chi connectivity index (χ1v) is 18.2. The zero-order valence-electron chi connectivity index (χ0n) is 29.8. The summed E-state index contributed by atoms with van der Waals surface area (Å²) in [6, 6.07) is 63.2. The van der Waals surface area contributed by atoms with Crippen LogP contribution in [0.4, 0.5) is 0 Å². The summed E-state index contributed by atoms with van der Waals surface area (Å²) in [7, 11) is 0. The molecule has 0 saturated carbocycles. The largest absolute Gasteiger partial charge is 0.256 e. The van der Waals surface area contributed by atoms with Crippen LogP contribution in [0.5, 0.6) is 0 Å². The molecule has 2 heterocycles. The van der Waals surface area contributed by atoms with Crippen LogP contribution < -0.4 is 0 Å². The zero-order chi connectivity index (χ0) is 36.4. The minimum atomic E-state index is 0.940. The highest BCUT2D eigenvalue weighted by Crippen LogP contribution is 2.31. The molecule has 0 saturated heterocycles. The normalized spacial score (nSPS) is 12.1. The van der Waals surface area contributed by atoms with Crippen molar-refractivity contribution in [1.82, 2.24) is 9.97 Å². The van der Waals surface area contributed by atoms with Gasteiger partial charge < -0.3 is 0 Å². The first kappa shape index (κ1) is 34.0. The van der Waals surface area contributed by atoms with Gasteiger partial charge in [0.05, 0.1) is 11.4 Å². The highest BCUT2D eigenvalue weighted by molar-refractivity contribution is 5.99. The number of aromatic nitrogens is 2. The molecule has 0 unspecified atom stereocenters. The molecule has 0 aliphatic heterocycles. The van der Waals surface area contributed by atoms with Crippen LogP contribution in [0.3, 0.4) is 0 Å². The van der Waals surface area contributed by atoms with E-state index in [0.29, 0.717) is 0 Å². The van der Waals surface area contributed by atoms with E-state index in [0.717, 1.165) is 61.5 Å². The van der Waals surface area contributed by atoms with Gasteiger partial charge in [0, 0.05) is 23.5 Å². The third-order valence-corrected chi connectivity index (χ3v) is 9.52. The Bertz CT molecular complexity index is 2530. The van der Waals surface area contributed by atoms with Gasteiger partial charge in [-0.15, -0.1) is 0 Å². The Morgan fingerprint density at radius 3 is 1.31 bits per heavy atom. The molecule has 8 rings (SSSR count). The van der Waals surface area contributed by atoms with E-state index in [4.69, 9.17) is 9.97 Å². The number of nitrogens with zero attached hydrogens (tertiary/aromatic N) is 2. The SMILES string of the molecule is C(=Cc1ccc2ccccc2c1C=Cc1ccccc1C=C(c1ccccc1)c1ccccn1)c1ccccc1C=C(c1ccccc1)c1ccccn1. The van der Waals surface area contributed by atoms with Crippen LogP contribution in [0.2, 0.25) is 0 Å². The van der Waals surface area contributed by atoms with Crippen molar-refractivity contribution in [2.75, 3.05) is 0 Å². The summed E-state index contributed by atoms with van der Waals surface area (Å²) in [6.07, 6.45) is 17.2. The maximum atomic E-state index is 4.72. The molecule has 0 spiro atoms. The fraction of sp³-hybridized carbons (Fsp3) is 0. The van der Waals surface area contributed by atoms with Gasteiger partial charge in [-0.3, -0.25) is 9.97 Å². The summed E-state index contributed by atoms with van der Waals surface area (Å²) < 4.78 is 0. The third-order valence-electron chi connectivity index (χ3n) is 9.52. The fourth-order valence-corrected chi connectivity index (χ4v) is 6.79. The van der Waals surface area contributed by atoms with Crippen molar-refractivity contribution >= 4 is 58.4 Å². The summed E-state index contributed by atoms with van der Waals surface area (Å²) in [5.41, 5.74) is 13.1. The second-order valence-electron chi connectivity index (χ2n) is 13.0. The van der Waals surface area contributed by atoms with Crippen LogP contribution in [0, 0.1) is 0 Å². The number of pyridine rings is 2. The first-order valence-electron chi connectivity index (χ1n) is 18.2. The van der Waals surface area contributed by atoms with Crippen molar-refractivity contribution in [3.05, 3.63) is 250 Å². The van der Waals surface area contributed by atoms with Crippen molar-refractivity contribution in [2.45, 2.75) is 0 Å². The zero-order valence-corrected chi connectivity index (χ0v) is 29.8. The van der Waals surface area contributed by atoms with E-state index >= 15 is 0 Å². The Morgan fingerprint density at radius 1 is 0.333 bits per heavy atom. The predicted molar refractivity (Wildman–Crippen MR) is 230 cm³/mol. The lowest BCUT2D eigenvalue weighted by Crippen LogP contribution is -1.92. The maximum absolute atomic E-state index is 4.72. The molecule has 256 valence electrons. The number of rotatable bonds is 10. The van der Waals surface area contributed by atoms with Gasteiger partial charge >= 0.3 is 0 Å². The van der Waals surface area contributed by atoms with Crippen LogP contribution >= 0.6 is 0 Å². The molecule has 0 N–H and O–H groups in total. The standard InChI is InChI=1S/C52H38N2/c1-3-19-41(20-4-1)49(51-27-13-15-35-53-51)37-45-24-9-7-17-39(45)29-30-44-32-31-43-23-11-12-26-47(43)48(44)34-33-40-18-8-10-25-46(40)38-50(42-21-5-2-6-22-42)52-28-14-16-36-54-52/h1-38H. The Hall–Kier alpha value is -7.16. The van der Waals surface area contributed by atoms with Crippen LogP contribution in [0.1, 0.15) is 55.9 Å². The molecular formula is C52H38N2. The van der Waals surface area contributed by atoms with Gasteiger partial charge in [-0.2, -0.15) is 0 Å². The molecule has 6 aromatic carbocycles. The molecule has 0 aliphatic carbocycles. The van der Waals surface area contributed by atoms with Crippen molar-refractivity contribution in [1.29, 1.82) is 0 Å². The minimum absolute atomic E-state index is 0.940. The Morgan fingerprint density at radius 2 is 0.778 bits per heavy atom. The summed E-state index contributed by atoms with van der Waals surface area (Å²) >= 11 is 0. The third kappa shape index (κ3) is 7.84. The second-order valence-corrected chi connectivity index (χ2v) is 13.0. The fourth-order valence-electron chi connectivity index (χ4n) is 6.79. The molecule has 2 heteroatoms. The van der Waals surface area contributed by atoms with E-state index in [1.54, 1.807) is 0 Å². The molecule has 8 aromatic rings. The van der Waals surface area contributed by atoms with Crippen molar-refractivity contribution in [3.63, 3.8) is 0 Å². The smallest absolute Gasteiger partial charge is 0.0708 e. The van der Waals surface area contributed by atoms with E-state index in [9.17, 15) is 0 Å². The number of fused-ring (bicyclic) bond motifs is 1. The maximum Gasteiger partial charge on any atom is 0.0708 e. The van der Waals surface area contributed by atoms with Crippen molar-refractivity contribution in [2.24, 2.45) is 0 Å². The van der Waals surface area contributed by atoms with E-state index in [1.807, 2.05) is 48.8 Å². The lowest BCUT2D eigenvalue weighted by molar-refractivity contribution is 1.27. The van der Waals surface area contributed by atoms with Crippen LogP contribution in [0.15, 0.2) is 194 Å². The van der Waals surface area contributed by atoms with Crippen molar-refractivity contribution in [3.8, 4) is 0 Å². The van der Waals surface area contributed by atoms with E-state index in [2.05, 4.69) is 182 Å². The monoisotopic (exact) mass is 690 g/mol. The Balaban J connectivity index is 1.19. The predicted octanol–water partition coefficient (Wildman–Crippen LogP) is 13.1. The van der Waals surface area contributed by atoms with Gasteiger partial charge in [0.25, 0.3) is 0 Å². The molecule has 0 fully saturated rings. The van der Waals surface area contributed by atoms with Gasteiger partial charge in [0.2, 0.25) is 0 Å². The molecule has 0 bridgehead atoms. The van der Waals surface area contributed by atoms with Crippen LogP contribution in [0.25, 0.3) is 58.4 Å². The number of hydrogen-bond donors (Lipinski definition) is 0. The van der Waals surface area contributed by atoms with E-state index in [1.165, 1.54) is 16.3 Å². The number of hydrogen-bond acceptors (Lipinski definition) is 2. The van der Waals surface area contributed by atoms with Gasteiger partial charge in [0.1, 0.15) is 0 Å². The molecule has 2 aromatic heterocycles. The van der Waals surface area contributed by atoms with Crippen LogP contribution in [-0.4, -0.2) is 9.97 Å². The van der Waals surface area contributed by atoms with Gasteiger partial charge in [-0.1, -0.05) is 182 Å². The van der Waals surface area contributed by atoms with Gasteiger partial charge in [0.15, 0.2) is 0 Å². The van der Waals surface area contributed by atoms with E-state index in [-0.39, 0.29) is 0 Å². The summed E-state index contributed by atoms with van der Waals surface area (Å²) in [5.74, 6) is 0. The molecular weight excluding hydrogens is 653 g/mol. The Kier molecular flexibility index (Phi) is 10.3. The molecule has 0 atom stereocenters. The molecule has 2 nitrogen and oxygen atoms in total.